The summed E-state index contributed by atoms with van der Waals surface area (Å²) in [5.74, 6) is 5.71. The van der Waals surface area contributed by atoms with Gasteiger partial charge in [-0.05, 0) is 18.8 Å². The maximum absolute atomic E-state index is 5.03. The second kappa shape index (κ2) is 3.49. The molecule has 52 valence electrons. The number of hydrogen-bond acceptors (Lipinski definition) is 2. The lowest BCUT2D eigenvalue weighted by Crippen LogP contribution is -2.07. The standard InChI is InChI=1S/C7H14N2/c8-9-6-7-4-2-1-3-5-7/h6-7H,1-5,8H2/b9-6+. The molecule has 1 saturated carbocycles. The molecule has 2 N–H and O–H groups in total. The molecule has 0 saturated heterocycles. The SMILES string of the molecule is N/N=C/C1CCCCC1. The molecule has 0 unspecified atom stereocenters. The minimum absolute atomic E-state index is 0.684. The van der Waals surface area contributed by atoms with Gasteiger partial charge in [0.15, 0.2) is 0 Å². The molecule has 0 aromatic carbocycles. The van der Waals surface area contributed by atoms with E-state index < -0.39 is 0 Å². The van der Waals surface area contributed by atoms with Crippen molar-refractivity contribution in [3.8, 4) is 0 Å². The van der Waals surface area contributed by atoms with Crippen LogP contribution in [-0.2, 0) is 0 Å². The van der Waals surface area contributed by atoms with Crippen LogP contribution in [0.15, 0.2) is 5.10 Å². The number of nitrogens with zero attached hydrogens (tertiary/aromatic N) is 1. The van der Waals surface area contributed by atoms with Gasteiger partial charge in [0.25, 0.3) is 0 Å². The summed E-state index contributed by atoms with van der Waals surface area (Å²) in [5.41, 5.74) is 0. The highest BCUT2D eigenvalue weighted by molar-refractivity contribution is 5.60. The van der Waals surface area contributed by atoms with Gasteiger partial charge in [0.2, 0.25) is 0 Å². The maximum Gasteiger partial charge on any atom is 0.0271 e. The fourth-order valence-corrected chi connectivity index (χ4v) is 1.40. The second-order valence-electron chi connectivity index (χ2n) is 2.70. The zero-order chi connectivity index (χ0) is 6.53. The molecule has 0 radical (unpaired) electrons. The second-order valence-corrected chi connectivity index (χ2v) is 2.70. The third-order valence-electron chi connectivity index (χ3n) is 1.95. The molecule has 0 spiro atoms. The lowest BCUT2D eigenvalue weighted by molar-refractivity contribution is 0.444. The topological polar surface area (TPSA) is 38.4 Å². The van der Waals surface area contributed by atoms with Crippen molar-refractivity contribution in [1.82, 2.24) is 0 Å². The molecule has 1 fully saturated rings. The molecule has 0 aliphatic heterocycles. The lowest BCUT2D eigenvalue weighted by atomic mass is 9.90. The Morgan fingerprint density at radius 1 is 1.22 bits per heavy atom. The van der Waals surface area contributed by atoms with Gasteiger partial charge in [0, 0.05) is 6.21 Å². The molecule has 0 aromatic rings. The van der Waals surface area contributed by atoms with Crippen molar-refractivity contribution >= 4 is 6.21 Å². The van der Waals surface area contributed by atoms with E-state index in [1.807, 2.05) is 6.21 Å². The van der Waals surface area contributed by atoms with Gasteiger partial charge in [-0.1, -0.05) is 19.3 Å². The molecule has 0 aromatic heterocycles. The first-order chi connectivity index (χ1) is 4.43. The fourth-order valence-electron chi connectivity index (χ4n) is 1.40. The number of hydrogen-bond donors (Lipinski definition) is 1. The van der Waals surface area contributed by atoms with Gasteiger partial charge in [-0.2, -0.15) is 5.10 Å². The van der Waals surface area contributed by atoms with Crippen LogP contribution in [0.3, 0.4) is 0 Å². The number of nitrogens with two attached hydrogens (primary N) is 1. The highest BCUT2D eigenvalue weighted by Gasteiger charge is 2.09. The van der Waals surface area contributed by atoms with Gasteiger partial charge in [0.05, 0.1) is 0 Å². The van der Waals surface area contributed by atoms with Crippen molar-refractivity contribution in [1.29, 1.82) is 0 Å². The molecule has 0 atom stereocenters. The molecule has 9 heavy (non-hydrogen) atoms. The lowest BCUT2D eigenvalue weighted by Gasteiger charge is -2.16. The summed E-state index contributed by atoms with van der Waals surface area (Å²) in [7, 11) is 0. The summed E-state index contributed by atoms with van der Waals surface area (Å²) >= 11 is 0. The van der Waals surface area contributed by atoms with Gasteiger partial charge in [0.1, 0.15) is 0 Å². The van der Waals surface area contributed by atoms with Crippen LogP contribution in [0, 0.1) is 5.92 Å². The van der Waals surface area contributed by atoms with Crippen LogP contribution in [0.4, 0.5) is 0 Å². The van der Waals surface area contributed by atoms with E-state index in [1.165, 1.54) is 32.1 Å². The zero-order valence-electron chi connectivity index (χ0n) is 5.71. The quantitative estimate of drug-likeness (QED) is 0.323. The summed E-state index contributed by atoms with van der Waals surface area (Å²) in [4.78, 5) is 0. The Bertz CT molecular complexity index is 93.1. The number of hydrazone groups is 1. The minimum atomic E-state index is 0.684. The van der Waals surface area contributed by atoms with E-state index in [4.69, 9.17) is 5.84 Å². The first kappa shape index (κ1) is 6.59. The minimum Gasteiger partial charge on any atom is -0.324 e. The van der Waals surface area contributed by atoms with E-state index in [-0.39, 0.29) is 0 Å². The Morgan fingerprint density at radius 2 is 1.89 bits per heavy atom. The molecule has 0 bridgehead atoms. The molecule has 1 aliphatic rings. The Labute approximate surface area is 56.1 Å². The Morgan fingerprint density at radius 3 is 2.44 bits per heavy atom. The molecule has 2 nitrogen and oxygen atoms in total. The predicted molar refractivity (Wildman–Crippen MR) is 39.3 cm³/mol. The summed E-state index contributed by atoms with van der Waals surface area (Å²) in [6, 6.07) is 0. The Kier molecular flexibility index (Phi) is 2.55. The molecular weight excluding hydrogens is 112 g/mol. The van der Waals surface area contributed by atoms with E-state index in [0.717, 1.165) is 0 Å². The smallest absolute Gasteiger partial charge is 0.0271 e. The third-order valence-corrected chi connectivity index (χ3v) is 1.95. The molecule has 1 aliphatic carbocycles. The van der Waals surface area contributed by atoms with Crippen LogP contribution in [0.1, 0.15) is 32.1 Å². The van der Waals surface area contributed by atoms with Gasteiger partial charge < -0.3 is 5.84 Å². The summed E-state index contributed by atoms with van der Waals surface area (Å²) in [6.07, 6.45) is 8.59. The van der Waals surface area contributed by atoms with Gasteiger partial charge in [-0.25, -0.2) is 0 Å². The van der Waals surface area contributed by atoms with E-state index in [0.29, 0.717) is 5.92 Å². The van der Waals surface area contributed by atoms with Crippen LogP contribution >= 0.6 is 0 Å². The van der Waals surface area contributed by atoms with Crippen molar-refractivity contribution in [2.75, 3.05) is 0 Å². The zero-order valence-corrected chi connectivity index (χ0v) is 5.71. The summed E-state index contributed by atoms with van der Waals surface area (Å²) < 4.78 is 0. The number of rotatable bonds is 1. The van der Waals surface area contributed by atoms with Gasteiger partial charge in [-0.15, -0.1) is 0 Å². The van der Waals surface area contributed by atoms with Crippen molar-refractivity contribution in [2.45, 2.75) is 32.1 Å². The maximum atomic E-state index is 5.03. The van der Waals surface area contributed by atoms with Crippen LogP contribution < -0.4 is 5.84 Å². The third kappa shape index (κ3) is 2.04. The predicted octanol–water partition coefficient (Wildman–Crippen LogP) is 1.51. The Balaban J connectivity index is 2.23. The van der Waals surface area contributed by atoms with Crippen LogP contribution in [-0.4, -0.2) is 6.21 Å². The van der Waals surface area contributed by atoms with Gasteiger partial charge >= 0.3 is 0 Å². The van der Waals surface area contributed by atoms with E-state index >= 15 is 0 Å². The fraction of sp³-hybridized carbons (Fsp3) is 0.857. The van der Waals surface area contributed by atoms with E-state index in [2.05, 4.69) is 5.10 Å². The van der Waals surface area contributed by atoms with E-state index in [1.54, 1.807) is 0 Å². The van der Waals surface area contributed by atoms with Crippen LogP contribution in [0.5, 0.6) is 0 Å². The monoisotopic (exact) mass is 126 g/mol. The summed E-state index contributed by atoms with van der Waals surface area (Å²) in [6.45, 7) is 0. The largest absolute Gasteiger partial charge is 0.324 e. The summed E-state index contributed by atoms with van der Waals surface area (Å²) in [5, 5.41) is 3.53. The van der Waals surface area contributed by atoms with Crippen molar-refractivity contribution in [2.24, 2.45) is 16.9 Å². The average Bonchev–Trinajstić information content (AvgIpc) is 1.91. The molecule has 0 heterocycles. The first-order valence-electron chi connectivity index (χ1n) is 3.67. The molecule has 0 amide bonds. The van der Waals surface area contributed by atoms with Gasteiger partial charge in [-0.3, -0.25) is 0 Å². The molecular formula is C7H14N2. The van der Waals surface area contributed by atoms with Crippen LogP contribution in [0.25, 0.3) is 0 Å². The highest BCUT2D eigenvalue weighted by Crippen LogP contribution is 2.21. The molecule has 1 rings (SSSR count). The average molecular weight is 126 g/mol. The van der Waals surface area contributed by atoms with Crippen molar-refractivity contribution in [3.05, 3.63) is 0 Å². The molecule has 2 heteroatoms. The Hall–Kier alpha value is -0.530. The van der Waals surface area contributed by atoms with Crippen molar-refractivity contribution in [3.63, 3.8) is 0 Å². The normalized spacial score (nSPS) is 23.1. The highest BCUT2D eigenvalue weighted by atomic mass is 15.1. The van der Waals surface area contributed by atoms with Crippen molar-refractivity contribution < 1.29 is 0 Å². The van der Waals surface area contributed by atoms with E-state index in [9.17, 15) is 0 Å². The first-order valence-corrected chi connectivity index (χ1v) is 3.67. The van der Waals surface area contributed by atoms with Crippen LogP contribution in [0.2, 0.25) is 0 Å².